The third-order valence-corrected chi connectivity index (χ3v) is 8.99. The maximum absolute atomic E-state index is 12.7. The fourth-order valence-corrected chi connectivity index (χ4v) is 5.73. The minimum Gasteiger partial charge on any atom is -0.477 e. The van der Waals surface area contributed by atoms with Crippen molar-refractivity contribution in [1.29, 1.82) is 0 Å². The van der Waals surface area contributed by atoms with E-state index in [0.29, 0.717) is 19.3 Å². The van der Waals surface area contributed by atoms with Gasteiger partial charge in [0.05, 0.1) is 34.4 Å². The molecule has 2 unspecified atom stereocenters. The second-order valence-corrected chi connectivity index (χ2v) is 15.0. The van der Waals surface area contributed by atoms with Gasteiger partial charge < -0.3 is 23.8 Å². The van der Waals surface area contributed by atoms with Crippen LogP contribution in [0.25, 0.3) is 0 Å². The van der Waals surface area contributed by atoms with E-state index in [-0.39, 0.29) is 36.2 Å². The van der Waals surface area contributed by atoms with E-state index in [2.05, 4.69) is 62.5 Å². The van der Waals surface area contributed by atoms with Crippen molar-refractivity contribution in [2.24, 2.45) is 0 Å². The van der Waals surface area contributed by atoms with Crippen LogP contribution in [-0.4, -0.2) is 80.6 Å². The summed E-state index contributed by atoms with van der Waals surface area (Å²) in [6, 6.07) is -0.624. The Morgan fingerprint density at radius 3 is 1.58 bits per heavy atom. The molecular weight excluding hydrogens is 666 g/mol. The number of quaternary nitrogens is 1. The second kappa shape index (κ2) is 36.0. The Morgan fingerprint density at radius 2 is 1.06 bits per heavy atom. The Kier molecular flexibility index (Phi) is 34.0. The van der Waals surface area contributed by atoms with E-state index in [0.717, 1.165) is 77.0 Å². The number of likely N-dealkylation sites (N-methyl/N-ethyl adjacent to an activating group) is 1. The number of rotatable bonds is 36. The van der Waals surface area contributed by atoms with Gasteiger partial charge in [-0.2, -0.15) is 0 Å². The van der Waals surface area contributed by atoms with Crippen LogP contribution in [0.5, 0.6) is 0 Å². The summed E-state index contributed by atoms with van der Waals surface area (Å²) in [4.78, 5) is 36.9. The molecule has 53 heavy (non-hydrogen) atoms. The molecular formula is C45H78NO7+. The van der Waals surface area contributed by atoms with Crippen LogP contribution in [0.1, 0.15) is 155 Å². The van der Waals surface area contributed by atoms with Gasteiger partial charge in [-0.3, -0.25) is 9.59 Å². The minimum atomic E-state index is -0.885. The van der Waals surface area contributed by atoms with Crippen LogP contribution in [0, 0.1) is 0 Å². The minimum absolute atomic E-state index is 0.0416. The van der Waals surface area contributed by atoms with Crippen LogP contribution in [0.2, 0.25) is 0 Å². The largest absolute Gasteiger partial charge is 0.477 e. The van der Waals surface area contributed by atoms with Gasteiger partial charge in [0.2, 0.25) is 0 Å². The van der Waals surface area contributed by atoms with Gasteiger partial charge in [-0.25, -0.2) is 4.79 Å². The molecule has 1 N–H and O–H groups in total. The average Bonchev–Trinajstić information content (AvgIpc) is 3.11. The predicted octanol–water partition coefficient (Wildman–Crippen LogP) is 11.0. The molecule has 0 amide bonds. The van der Waals surface area contributed by atoms with Gasteiger partial charge in [-0.1, -0.05) is 139 Å². The van der Waals surface area contributed by atoms with Crippen LogP contribution >= 0.6 is 0 Å². The monoisotopic (exact) mass is 745 g/mol. The van der Waals surface area contributed by atoms with Crippen molar-refractivity contribution >= 4 is 17.9 Å². The van der Waals surface area contributed by atoms with E-state index in [1.807, 2.05) is 33.3 Å². The Balaban J connectivity index is 4.46. The molecule has 0 fully saturated rings. The van der Waals surface area contributed by atoms with E-state index in [4.69, 9.17) is 14.2 Å². The number of ether oxygens (including phenoxy) is 3. The number of hydrogen-bond donors (Lipinski definition) is 1. The lowest BCUT2D eigenvalue weighted by molar-refractivity contribution is -0.887. The zero-order valence-corrected chi connectivity index (χ0v) is 34.4. The zero-order valence-electron chi connectivity index (χ0n) is 34.4. The molecule has 0 aliphatic carbocycles. The lowest BCUT2D eigenvalue weighted by Gasteiger charge is -2.31. The molecule has 8 heteroatoms. The standard InChI is InChI=1S/C45H77NO7/c1-6-8-10-12-14-16-18-20-21-22-24-25-27-29-31-33-35-43(47)52-40-41(39-51-38-37-42(45(49)50)46(3,4)5)53-44(48)36-34-32-30-28-26-23-19-17-15-13-11-9-7-2/h9,11,13,15,17,19,21-22,24-25,41-42H,6-8,10,12,14,16,18,20,23,26-40H2,1-5H3/p+1/b11-9+,15-13+,19-17+,22-21+,25-24+. The lowest BCUT2D eigenvalue weighted by atomic mass is 10.1. The molecule has 0 aromatic rings. The number of carboxylic acid groups (broad SMARTS) is 1. The molecule has 0 rings (SSSR count). The first-order valence-corrected chi connectivity index (χ1v) is 20.9. The summed E-state index contributed by atoms with van der Waals surface area (Å²) in [5, 5.41) is 9.60. The van der Waals surface area contributed by atoms with Gasteiger partial charge in [0.25, 0.3) is 0 Å². The van der Waals surface area contributed by atoms with E-state index in [1.165, 1.54) is 44.9 Å². The predicted molar refractivity (Wildman–Crippen MR) is 220 cm³/mol. The summed E-state index contributed by atoms with van der Waals surface area (Å²) >= 11 is 0. The smallest absolute Gasteiger partial charge is 0.362 e. The van der Waals surface area contributed by atoms with Gasteiger partial charge in [-0.15, -0.1) is 0 Å². The van der Waals surface area contributed by atoms with Gasteiger partial charge in [-0.05, 0) is 57.8 Å². The first-order valence-electron chi connectivity index (χ1n) is 20.9. The van der Waals surface area contributed by atoms with Crippen LogP contribution < -0.4 is 0 Å². The van der Waals surface area contributed by atoms with Crippen LogP contribution in [-0.2, 0) is 28.6 Å². The number of carbonyl (C=O) groups excluding carboxylic acids is 2. The number of nitrogens with zero attached hydrogens (tertiary/aromatic N) is 1. The first kappa shape index (κ1) is 50.0. The summed E-state index contributed by atoms with van der Waals surface area (Å²) in [6.45, 7) is 4.53. The summed E-state index contributed by atoms with van der Waals surface area (Å²) in [5.74, 6) is -1.54. The van der Waals surface area contributed by atoms with E-state index < -0.39 is 18.1 Å². The average molecular weight is 745 g/mol. The molecule has 2 atom stereocenters. The molecule has 0 saturated heterocycles. The molecule has 0 heterocycles. The van der Waals surface area contributed by atoms with E-state index >= 15 is 0 Å². The summed E-state index contributed by atoms with van der Waals surface area (Å²) in [6.07, 6.45) is 42.6. The molecule has 304 valence electrons. The normalized spacial score (nSPS) is 13.6. The number of esters is 2. The van der Waals surface area contributed by atoms with E-state index in [1.54, 1.807) is 0 Å². The van der Waals surface area contributed by atoms with Crippen molar-refractivity contribution in [2.45, 2.75) is 167 Å². The molecule has 0 aliphatic heterocycles. The van der Waals surface area contributed by atoms with Crippen LogP contribution in [0.15, 0.2) is 60.8 Å². The van der Waals surface area contributed by atoms with Crippen molar-refractivity contribution in [2.75, 3.05) is 41.0 Å². The van der Waals surface area contributed by atoms with Gasteiger partial charge in [0.15, 0.2) is 12.1 Å². The van der Waals surface area contributed by atoms with Crippen LogP contribution in [0.4, 0.5) is 0 Å². The quantitative estimate of drug-likeness (QED) is 0.0295. The Labute approximate surface area is 324 Å². The van der Waals surface area contributed by atoms with Crippen molar-refractivity contribution in [3.05, 3.63) is 60.8 Å². The van der Waals surface area contributed by atoms with Crippen LogP contribution in [0.3, 0.4) is 0 Å². The molecule has 0 aromatic carbocycles. The highest BCUT2D eigenvalue weighted by atomic mass is 16.6. The Hall–Kier alpha value is -2.97. The highest BCUT2D eigenvalue weighted by molar-refractivity contribution is 5.72. The van der Waals surface area contributed by atoms with Gasteiger partial charge in [0, 0.05) is 19.3 Å². The molecule has 0 aromatic heterocycles. The maximum Gasteiger partial charge on any atom is 0.362 e. The topological polar surface area (TPSA) is 99.1 Å². The summed E-state index contributed by atoms with van der Waals surface area (Å²) < 4.78 is 17.2. The van der Waals surface area contributed by atoms with Gasteiger partial charge in [0.1, 0.15) is 6.61 Å². The molecule has 8 nitrogen and oxygen atoms in total. The fourth-order valence-electron chi connectivity index (χ4n) is 5.73. The zero-order chi connectivity index (χ0) is 39.3. The SMILES string of the molecule is CC/C=C/C=C/C=C/CCCCCCCC(=O)OC(COCCC(C(=O)O)[N+](C)(C)C)COC(=O)CCCCC/C=C/C=C/CCCCCCCCC. The number of carboxylic acids is 1. The number of hydrogen-bond acceptors (Lipinski definition) is 6. The molecule has 0 aliphatic rings. The van der Waals surface area contributed by atoms with Crippen molar-refractivity contribution in [3.63, 3.8) is 0 Å². The molecule has 0 radical (unpaired) electrons. The van der Waals surface area contributed by atoms with Crippen molar-refractivity contribution in [1.82, 2.24) is 0 Å². The lowest BCUT2D eigenvalue weighted by Crippen LogP contribution is -2.50. The fraction of sp³-hybridized carbons (Fsp3) is 0.711. The Bertz CT molecular complexity index is 1050. The molecule has 0 saturated carbocycles. The summed E-state index contributed by atoms with van der Waals surface area (Å²) in [5.41, 5.74) is 0. The van der Waals surface area contributed by atoms with Crippen molar-refractivity contribution < 1.29 is 38.2 Å². The van der Waals surface area contributed by atoms with E-state index in [9.17, 15) is 19.5 Å². The molecule has 0 bridgehead atoms. The third kappa shape index (κ3) is 34.5. The highest BCUT2D eigenvalue weighted by Crippen LogP contribution is 2.13. The molecule has 0 spiro atoms. The number of allylic oxidation sites excluding steroid dienone is 10. The Morgan fingerprint density at radius 1 is 0.585 bits per heavy atom. The third-order valence-electron chi connectivity index (χ3n) is 8.99. The van der Waals surface area contributed by atoms with Gasteiger partial charge >= 0.3 is 17.9 Å². The number of unbranched alkanes of at least 4 members (excludes halogenated alkanes) is 15. The maximum atomic E-state index is 12.7. The number of carbonyl (C=O) groups is 3. The second-order valence-electron chi connectivity index (χ2n) is 15.0. The highest BCUT2D eigenvalue weighted by Gasteiger charge is 2.31. The first-order chi connectivity index (χ1) is 25.6. The number of aliphatic carboxylic acids is 1. The van der Waals surface area contributed by atoms with Crippen molar-refractivity contribution in [3.8, 4) is 0 Å². The summed E-state index contributed by atoms with van der Waals surface area (Å²) in [7, 11) is 5.50.